The Hall–Kier alpha value is -2.99. The van der Waals surface area contributed by atoms with Crippen LogP contribution in [-0.4, -0.2) is 9.55 Å². The predicted molar refractivity (Wildman–Crippen MR) is 114 cm³/mol. The second-order valence-corrected chi connectivity index (χ2v) is 8.38. The van der Waals surface area contributed by atoms with Crippen LogP contribution in [0.25, 0.3) is 21.3 Å². The Bertz CT molecular complexity index is 1350. The van der Waals surface area contributed by atoms with Gasteiger partial charge in [0.1, 0.15) is 10.6 Å². The van der Waals surface area contributed by atoms with Crippen LogP contribution in [0.2, 0.25) is 0 Å². The fraction of sp³-hybridized carbons (Fsp3) is 0.217. The van der Waals surface area contributed by atoms with Gasteiger partial charge in [0.25, 0.3) is 5.56 Å². The minimum atomic E-state index is -0.481. The number of aromatic amines is 1. The van der Waals surface area contributed by atoms with Crippen LogP contribution in [0.15, 0.2) is 57.4 Å². The van der Waals surface area contributed by atoms with Gasteiger partial charge < -0.3 is 0 Å². The summed E-state index contributed by atoms with van der Waals surface area (Å²) >= 11 is 1.36. The fourth-order valence-corrected chi connectivity index (χ4v) is 5.08. The van der Waals surface area contributed by atoms with Crippen LogP contribution in [-0.2, 0) is 19.4 Å². The lowest BCUT2D eigenvalue weighted by molar-refractivity contribution is 0.621. The topological polar surface area (TPSA) is 54.9 Å². The van der Waals surface area contributed by atoms with Gasteiger partial charge in [-0.3, -0.25) is 14.3 Å². The SMILES string of the molecule is O=c1[nH]c2scc(-c3ccc4c(c3)CCCC4)c2c(=O)n1Cc1cccc(F)c1. The van der Waals surface area contributed by atoms with Gasteiger partial charge in [0.05, 0.1) is 11.9 Å². The van der Waals surface area contributed by atoms with E-state index in [-0.39, 0.29) is 12.1 Å². The molecule has 29 heavy (non-hydrogen) atoms. The van der Waals surface area contributed by atoms with Crippen molar-refractivity contribution in [2.75, 3.05) is 0 Å². The molecule has 0 amide bonds. The summed E-state index contributed by atoms with van der Waals surface area (Å²) in [7, 11) is 0. The zero-order valence-corrected chi connectivity index (χ0v) is 16.5. The van der Waals surface area contributed by atoms with Gasteiger partial charge in [-0.1, -0.05) is 30.3 Å². The van der Waals surface area contributed by atoms with Crippen molar-refractivity contribution in [2.24, 2.45) is 0 Å². The Kier molecular flexibility index (Phi) is 4.43. The normalized spacial score (nSPS) is 13.6. The van der Waals surface area contributed by atoms with E-state index in [1.165, 1.54) is 47.4 Å². The number of halogens is 1. The number of rotatable bonds is 3. The van der Waals surface area contributed by atoms with E-state index in [1.54, 1.807) is 12.1 Å². The van der Waals surface area contributed by atoms with E-state index in [0.717, 1.165) is 28.5 Å². The van der Waals surface area contributed by atoms with E-state index < -0.39 is 11.5 Å². The van der Waals surface area contributed by atoms with E-state index in [0.29, 0.717) is 15.8 Å². The standard InChI is InChI=1S/C23H19FN2O2S/c24-18-7-3-4-14(10-18)12-26-22(27)20-19(13-29-21(20)25-23(26)28)17-9-8-15-5-1-2-6-16(15)11-17/h3-4,7-11,13H,1-2,5-6,12H2,(H,25,28). The van der Waals surface area contributed by atoms with Crippen LogP contribution in [0, 0.1) is 5.82 Å². The Morgan fingerprint density at radius 2 is 1.86 bits per heavy atom. The molecule has 1 N–H and O–H groups in total. The number of H-pyrrole nitrogens is 1. The molecule has 146 valence electrons. The number of nitrogens with zero attached hydrogens (tertiary/aromatic N) is 1. The molecule has 0 saturated heterocycles. The molecule has 0 bridgehead atoms. The molecule has 0 saturated carbocycles. The summed E-state index contributed by atoms with van der Waals surface area (Å²) in [5.74, 6) is -0.390. The first-order chi connectivity index (χ1) is 14.1. The van der Waals surface area contributed by atoms with Gasteiger partial charge in [0.15, 0.2) is 0 Å². The lowest BCUT2D eigenvalue weighted by Gasteiger charge is -2.16. The molecule has 0 aliphatic heterocycles. The van der Waals surface area contributed by atoms with Crippen LogP contribution < -0.4 is 11.2 Å². The minimum absolute atomic E-state index is 0.0291. The fourth-order valence-electron chi connectivity index (χ4n) is 4.13. The molecule has 4 nitrogen and oxygen atoms in total. The largest absolute Gasteiger partial charge is 0.329 e. The molecule has 0 radical (unpaired) electrons. The molecule has 6 heteroatoms. The maximum absolute atomic E-state index is 13.5. The minimum Gasteiger partial charge on any atom is -0.298 e. The average Bonchev–Trinajstić information content (AvgIpc) is 3.14. The van der Waals surface area contributed by atoms with Crippen molar-refractivity contribution < 1.29 is 4.39 Å². The second kappa shape index (κ2) is 7.12. The molecule has 0 atom stereocenters. The van der Waals surface area contributed by atoms with Crippen molar-refractivity contribution in [3.8, 4) is 11.1 Å². The number of thiophene rings is 1. The third-order valence-corrected chi connectivity index (χ3v) is 6.50. The van der Waals surface area contributed by atoms with E-state index in [2.05, 4.69) is 23.2 Å². The Balaban J connectivity index is 1.65. The summed E-state index contributed by atoms with van der Waals surface area (Å²) in [4.78, 5) is 29.1. The van der Waals surface area contributed by atoms with Crippen LogP contribution in [0.5, 0.6) is 0 Å². The first-order valence-corrected chi connectivity index (χ1v) is 10.6. The Morgan fingerprint density at radius 3 is 2.69 bits per heavy atom. The highest BCUT2D eigenvalue weighted by atomic mass is 32.1. The maximum atomic E-state index is 13.5. The zero-order chi connectivity index (χ0) is 20.0. The Labute approximate surface area is 170 Å². The molecule has 1 aliphatic rings. The highest BCUT2D eigenvalue weighted by Gasteiger charge is 2.17. The molecule has 5 rings (SSSR count). The molecular formula is C23H19FN2O2S. The van der Waals surface area contributed by atoms with Crippen LogP contribution in [0.3, 0.4) is 0 Å². The third kappa shape index (κ3) is 3.23. The average molecular weight is 406 g/mol. The molecule has 0 spiro atoms. The van der Waals surface area contributed by atoms with Crippen molar-refractivity contribution in [2.45, 2.75) is 32.2 Å². The lowest BCUT2D eigenvalue weighted by Crippen LogP contribution is -2.35. The first-order valence-electron chi connectivity index (χ1n) is 9.71. The van der Waals surface area contributed by atoms with Gasteiger partial charge in [-0.05, 0) is 60.1 Å². The monoisotopic (exact) mass is 406 g/mol. The third-order valence-electron chi connectivity index (χ3n) is 5.60. The van der Waals surface area contributed by atoms with E-state index in [9.17, 15) is 14.0 Å². The number of nitrogens with one attached hydrogen (secondary N) is 1. The van der Waals surface area contributed by atoms with E-state index >= 15 is 0 Å². The lowest BCUT2D eigenvalue weighted by atomic mass is 9.89. The molecule has 2 aromatic carbocycles. The molecule has 0 fully saturated rings. The van der Waals surface area contributed by atoms with Crippen molar-refractivity contribution in [1.82, 2.24) is 9.55 Å². The molecule has 2 heterocycles. The first kappa shape index (κ1) is 18.1. The summed E-state index contributed by atoms with van der Waals surface area (Å²) < 4.78 is 14.7. The molecule has 4 aromatic rings. The van der Waals surface area contributed by atoms with Crippen molar-refractivity contribution >= 4 is 21.6 Å². The van der Waals surface area contributed by atoms with Crippen LogP contribution in [0.1, 0.15) is 29.5 Å². The van der Waals surface area contributed by atoms with Gasteiger partial charge in [-0.25, -0.2) is 9.18 Å². The number of aryl methyl sites for hydroxylation is 2. The molecule has 0 unspecified atom stereocenters. The molecular weight excluding hydrogens is 387 g/mol. The summed E-state index contributed by atoms with van der Waals surface area (Å²) in [6.45, 7) is 0.0291. The Morgan fingerprint density at radius 1 is 1.03 bits per heavy atom. The summed E-state index contributed by atoms with van der Waals surface area (Å²) in [6, 6.07) is 12.4. The number of benzene rings is 2. The van der Waals surface area contributed by atoms with Crippen molar-refractivity contribution in [3.05, 3.63) is 91.2 Å². The van der Waals surface area contributed by atoms with Crippen LogP contribution in [0.4, 0.5) is 4.39 Å². The van der Waals surface area contributed by atoms with Gasteiger partial charge >= 0.3 is 5.69 Å². The van der Waals surface area contributed by atoms with Gasteiger partial charge in [0, 0.05) is 10.9 Å². The van der Waals surface area contributed by atoms with Crippen LogP contribution >= 0.6 is 11.3 Å². The molecule has 2 aromatic heterocycles. The number of aromatic nitrogens is 2. The summed E-state index contributed by atoms with van der Waals surface area (Å²) in [6.07, 6.45) is 4.58. The second-order valence-electron chi connectivity index (χ2n) is 7.50. The van der Waals surface area contributed by atoms with Crippen molar-refractivity contribution in [3.63, 3.8) is 0 Å². The highest BCUT2D eigenvalue weighted by Crippen LogP contribution is 2.33. The predicted octanol–water partition coefficient (Wildman–Crippen LogP) is 4.48. The van der Waals surface area contributed by atoms with Gasteiger partial charge in [-0.2, -0.15) is 0 Å². The maximum Gasteiger partial charge on any atom is 0.329 e. The smallest absolute Gasteiger partial charge is 0.298 e. The summed E-state index contributed by atoms with van der Waals surface area (Å²) in [5, 5.41) is 2.45. The van der Waals surface area contributed by atoms with Crippen molar-refractivity contribution in [1.29, 1.82) is 0 Å². The number of hydrogen-bond acceptors (Lipinski definition) is 3. The van der Waals surface area contributed by atoms with Gasteiger partial charge in [0.2, 0.25) is 0 Å². The zero-order valence-electron chi connectivity index (χ0n) is 15.7. The summed E-state index contributed by atoms with van der Waals surface area (Å²) in [5.41, 5.74) is 4.31. The number of fused-ring (bicyclic) bond motifs is 2. The highest BCUT2D eigenvalue weighted by molar-refractivity contribution is 7.17. The van der Waals surface area contributed by atoms with E-state index in [4.69, 9.17) is 0 Å². The number of hydrogen-bond donors (Lipinski definition) is 1. The van der Waals surface area contributed by atoms with Gasteiger partial charge in [-0.15, -0.1) is 11.3 Å². The van der Waals surface area contributed by atoms with E-state index in [1.807, 2.05) is 5.38 Å². The molecule has 1 aliphatic carbocycles. The quantitative estimate of drug-likeness (QED) is 0.545.